The third-order valence-electron chi connectivity index (χ3n) is 3.13. The molecule has 3 N–H and O–H groups in total. The molecule has 4 nitrogen and oxygen atoms in total. The number of aliphatic hydroxyl groups excluding tert-OH is 1. The van der Waals surface area contributed by atoms with Gasteiger partial charge in [-0.05, 0) is 31.0 Å². The fraction of sp³-hybridized carbons (Fsp3) is 0.417. The van der Waals surface area contributed by atoms with Crippen molar-refractivity contribution in [2.75, 3.05) is 13.2 Å². The zero-order valence-electron chi connectivity index (χ0n) is 9.24. The first-order valence-electron chi connectivity index (χ1n) is 5.44. The van der Waals surface area contributed by atoms with Crippen molar-refractivity contribution in [1.82, 2.24) is 5.32 Å². The monoisotopic (exact) mass is 255 g/mol. The number of carbonyl (C=O) groups excluding carboxylic acids is 1. The van der Waals surface area contributed by atoms with E-state index in [1.165, 1.54) is 18.2 Å². The lowest BCUT2D eigenvalue weighted by atomic mass is 10.1. The molecule has 0 spiro atoms. The normalized spacial score (nSPS) is 16.6. The summed E-state index contributed by atoms with van der Waals surface area (Å²) >= 11 is 5.72. The third kappa shape index (κ3) is 2.70. The Morgan fingerprint density at radius 2 is 2.18 bits per heavy atom. The smallest absolute Gasteiger partial charge is 0.251 e. The maximum atomic E-state index is 11.8. The van der Waals surface area contributed by atoms with Crippen LogP contribution in [-0.2, 0) is 0 Å². The Labute approximate surface area is 104 Å². The van der Waals surface area contributed by atoms with Crippen LogP contribution < -0.4 is 5.32 Å². The number of amides is 1. The molecule has 1 amide bonds. The van der Waals surface area contributed by atoms with Crippen LogP contribution in [0, 0.1) is 5.41 Å². The molecular weight excluding hydrogens is 242 g/mol. The van der Waals surface area contributed by atoms with Crippen LogP contribution in [0.2, 0.25) is 5.02 Å². The van der Waals surface area contributed by atoms with Crippen LogP contribution in [0.5, 0.6) is 5.75 Å². The minimum atomic E-state index is -0.244. The van der Waals surface area contributed by atoms with Gasteiger partial charge >= 0.3 is 0 Å². The van der Waals surface area contributed by atoms with Crippen molar-refractivity contribution in [3.8, 4) is 5.75 Å². The number of benzene rings is 1. The zero-order valence-corrected chi connectivity index (χ0v) is 10.00. The number of nitrogens with one attached hydrogen (secondary N) is 1. The molecule has 1 aliphatic rings. The summed E-state index contributed by atoms with van der Waals surface area (Å²) in [5.41, 5.74) is 0.289. The molecule has 2 rings (SSSR count). The number of aliphatic hydroxyl groups is 1. The molecule has 1 aliphatic carbocycles. The van der Waals surface area contributed by atoms with Gasteiger partial charge in [-0.3, -0.25) is 4.79 Å². The summed E-state index contributed by atoms with van der Waals surface area (Å²) in [6, 6.07) is 4.32. The van der Waals surface area contributed by atoms with Gasteiger partial charge in [0.05, 0.1) is 11.6 Å². The number of phenolic OH excluding ortho intramolecular Hbond substituents is 1. The lowest BCUT2D eigenvalue weighted by molar-refractivity contribution is 0.0935. The van der Waals surface area contributed by atoms with Crippen molar-refractivity contribution in [3.63, 3.8) is 0 Å². The highest BCUT2D eigenvalue weighted by Crippen LogP contribution is 2.44. The van der Waals surface area contributed by atoms with Crippen molar-refractivity contribution >= 4 is 17.5 Å². The van der Waals surface area contributed by atoms with Crippen LogP contribution in [0.15, 0.2) is 18.2 Å². The largest absolute Gasteiger partial charge is 0.506 e. The zero-order chi connectivity index (χ0) is 12.5. The SMILES string of the molecule is O=C(NCC1(CO)CC1)c1ccc(O)c(Cl)c1. The van der Waals surface area contributed by atoms with Gasteiger partial charge in [0, 0.05) is 17.5 Å². The lowest BCUT2D eigenvalue weighted by Crippen LogP contribution is -2.31. The molecule has 1 fully saturated rings. The molecule has 0 saturated heterocycles. The molecule has 0 atom stereocenters. The summed E-state index contributed by atoms with van der Waals surface area (Å²) in [6.07, 6.45) is 1.89. The fourth-order valence-electron chi connectivity index (χ4n) is 1.59. The van der Waals surface area contributed by atoms with E-state index in [1.807, 2.05) is 0 Å². The third-order valence-corrected chi connectivity index (χ3v) is 3.43. The highest BCUT2D eigenvalue weighted by atomic mass is 35.5. The molecule has 1 aromatic rings. The van der Waals surface area contributed by atoms with Crippen LogP contribution in [0.25, 0.3) is 0 Å². The van der Waals surface area contributed by atoms with E-state index in [4.69, 9.17) is 16.7 Å². The number of hydrogen-bond donors (Lipinski definition) is 3. The van der Waals surface area contributed by atoms with Gasteiger partial charge in [0.2, 0.25) is 0 Å². The number of halogens is 1. The Balaban J connectivity index is 1.97. The Hall–Kier alpha value is -1.26. The Kier molecular flexibility index (Phi) is 3.26. The van der Waals surface area contributed by atoms with Crippen molar-refractivity contribution in [2.24, 2.45) is 5.41 Å². The molecule has 0 aliphatic heterocycles. The minimum Gasteiger partial charge on any atom is -0.506 e. The Morgan fingerprint density at radius 3 is 2.71 bits per heavy atom. The molecule has 17 heavy (non-hydrogen) atoms. The van der Waals surface area contributed by atoms with E-state index in [1.54, 1.807) is 0 Å². The standard InChI is InChI=1S/C12H14ClNO3/c13-9-5-8(1-2-10(9)16)11(17)14-6-12(7-15)3-4-12/h1-2,5,15-16H,3-4,6-7H2,(H,14,17). The average Bonchev–Trinajstić information content (AvgIpc) is 3.10. The van der Waals surface area contributed by atoms with E-state index in [0.29, 0.717) is 12.1 Å². The van der Waals surface area contributed by atoms with Crippen LogP contribution in [0.3, 0.4) is 0 Å². The first-order chi connectivity index (χ1) is 8.06. The molecule has 0 heterocycles. The van der Waals surface area contributed by atoms with Crippen molar-refractivity contribution in [2.45, 2.75) is 12.8 Å². The van der Waals surface area contributed by atoms with Crippen LogP contribution in [0.4, 0.5) is 0 Å². The summed E-state index contributed by atoms with van der Waals surface area (Å²) in [6.45, 7) is 0.574. The van der Waals surface area contributed by atoms with Gasteiger partial charge in [0.1, 0.15) is 5.75 Å². The molecule has 0 radical (unpaired) electrons. The number of phenols is 1. The molecule has 1 saturated carbocycles. The lowest BCUT2D eigenvalue weighted by Gasteiger charge is -2.12. The maximum absolute atomic E-state index is 11.8. The molecular formula is C12H14ClNO3. The van der Waals surface area contributed by atoms with E-state index in [-0.39, 0.29) is 28.7 Å². The second-order valence-electron chi connectivity index (χ2n) is 4.51. The van der Waals surface area contributed by atoms with Crippen molar-refractivity contribution < 1.29 is 15.0 Å². The van der Waals surface area contributed by atoms with E-state index < -0.39 is 0 Å². The molecule has 1 aromatic carbocycles. The Morgan fingerprint density at radius 1 is 1.47 bits per heavy atom. The number of aromatic hydroxyl groups is 1. The average molecular weight is 256 g/mol. The minimum absolute atomic E-state index is 0.0442. The number of hydrogen-bond acceptors (Lipinski definition) is 3. The van der Waals surface area contributed by atoms with Crippen LogP contribution in [0.1, 0.15) is 23.2 Å². The van der Waals surface area contributed by atoms with E-state index >= 15 is 0 Å². The molecule has 0 bridgehead atoms. The molecule has 92 valence electrons. The van der Waals surface area contributed by atoms with Gasteiger partial charge < -0.3 is 15.5 Å². The van der Waals surface area contributed by atoms with Crippen molar-refractivity contribution in [1.29, 1.82) is 0 Å². The Bertz CT molecular complexity index is 443. The highest BCUT2D eigenvalue weighted by Gasteiger charge is 2.42. The van der Waals surface area contributed by atoms with E-state index in [0.717, 1.165) is 12.8 Å². The van der Waals surface area contributed by atoms with Gasteiger partial charge in [-0.15, -0.1) is 0 Å². The summed E-state index contributed by atoms with van der Waals surface area (Å²) in [5.74, 6) is -0.288. The quantitative estimate of drug-likeness (QED) is 0.765. The summed E-state index contributed by atoms with van der Waals surface area (Å²) in [4.78, 5) is 11.8. The van der Waals surface area contributed by atoms with E-state index in [2.05, 4.69) is 5.32 Å². The van der Waals surface area contributed by atoms with Crippen LogP contribution >= 0.6 is 11.6 Å². The van der Waals surface area contributed by atoms with Crippen molar-refractivity contribution in [3.05, 3.63) is 28.8 Å². The topological polar surface area (TPSA) is 69.6 Å². The van der Waals surface area contributed by atoms with Gasteiger partial charge in [-0.1, -0.05) is 11.6 Å². The first-order valence-corrected chi connectivity index (χ1v) is 5.82. The first kappa shape index (κ1) is 12.2. The molecule has 0 unspecified atom stereocenters. The van der Waals surface area contributed by atoms with Crippen LogP contribution in [-0.4, -0.2) is 29.3 Å². The van der Waals surface area contributed by atoms with Gasteiger partial charge in [0.15, 0.2) is 0 Å². The summed E-state index contributed by atoms with van der Waals surface area (Å²) in [7, 11) is 0. The number of carbonyl (C=O) groups is 1. The predicted octanol–water partition coefficient (Wildman–Crippen LogP) is 1.55. The molecule has 5 heteroatoms. The number of rotatable bonds is 4. The second kappa shape index (κ2) is 4.55. The van der Waals surface area contributed by atoms with Gasteiger partial charge in [-0.25, -0.2) is 0 Å². The highest BCUT2D eigenvalue weighted by molar-refractivity contribution is 6.32. The molecule has 0 aromatic heterocycles. The summed E-state index contributed by atoms with van der Waals surface area (Å²) in [5, 5.41) is 21.3. The van der Waals surface area contributed by atoms with Gasteiger partial charge in [-0.2, -0.15) is 0 Å². The predicted molar refractivity (Wildman–Crippen MR) is 64.2 cm³/mol. The summed E-state index contributed by atoms with van der Waals surface area (Å²) < 4.78 is 0. The fourth-order valence-corrected chi connectivity index (χ4v) is 1.77. The second-order valence-corrected chi connectivity index (χ2v) is 4.91. The van der Waals surface area contributed by atoms with E-state index in [9.17, 15) is 9.90 Å². The maximum Gasteiger partial charge on any atom is 0.251 e. The van der Waals surface area contributed by atoms with Gasteiger partial charge in [0.25, 0.3) is 5.91 Å².